The summed E-state index contributed by atoms with van der Waals surface area (Å²) in [6.07, 6.45) is 3.78. The molecule has 0 N–H and O–H groups in total. The van der Waals surface area contributed by atoms with E-state index in [-0.39, 0.29) is 17.9 Å². The van der Waals surface area contributed by atoms with Gasteiger partial charge >= 0.3 is 0 Å². The second kappa shape index (κ2) is 6.68. The summed E-state index contributed by atoms with van der Waals surface area (Å²) in [5, 5.41) is 0. The highest BCUT2D eigenvalue weighted by molar-refractivity contribution is 5.79. The minimum atomic E-state index is -0.394. The molecule has 0 aromatic carbocycles. The molecule has 1 amide bonds. The number of aromatic nitrogens is 2. The van der Waals surface area contributed by atoms with Gasteiger partial charge in [-0.05, 0) is 12.8 Å². The van der Waals surface area contributed by atoms with Crippen molar-refractivity contribution in [3.63, 3.8) is 0 Å². The van der Waals surface area contributed by atoms with Gasteiger partial charge in [0.2, 0.25) is 5.91 Å². The summed E-state index contributed by atoms with van der Waals surface area (Å²) < 4.78 is 12.8. The van der Waals surface area contributed by atoms with Crippen LogP contribution in [-0.4, -0.2) is 67.2 Å². The summed E-state index contributed by atoms with van der Waals surface area (Å²) >= 11 is 0. The van der Waals surface area contributed by atoms with Crippen molar-refractivity contribution < 1.29 is 9.18 Å². The molecule has 126 valence electrons. The van der Waals surface area contributed by atoms with E-state index in [1.807, 2.05) is 30.0 Å². The van der Waals surface area contributed by atoms with Gasteiger partial charge in [-0.3, -0.25) is 9.18 Å². The maximum Gasteiger partial charge on any atom is 0.223 e. The van der Waals surface area contributed by atoms with E-state index in [2.05, 4.69) is 14.9 Å². The van der Waals surface area contributed by atoms with Crippen LogP contribution in [0.5, 0.6) is 0 Å². The van der Waals surface area contributed by atoms with Gasteiger partial charge in [-0.1, -0.05) is 0 Å². The number of rotatable bonds is 4. The molecule has 0 radical (unpaired) electrons. The lowest BCUT2D eigenvalue weighted by Gasteiger charge is -2.37. The van der Waals surface area contributed by atoms with Crippen LogP contribution < -0.4 is 9.80 Å². The van der Waals surface area contributed by atoms with Crippen LogP contribution in [0.3, 0.4) is 0 Å². The van der Waals surface area contributed by atoms with Gasteiger partial charge in [0, 0.05) is 58.2 Å². The Morgan fingerprint density at radius 2 is 2.04 bits per heavy atom. The van der Waals surface area contributed by atoms with Crippen molar-refractivity contribution in [1.29, 1.82) is 0 Å². The lowest BCUT2D eigenvalue weighted by molar-refractivity contribution is -0.130. The fourth-order valence-corrected chi connectivity index (χ4v) is 3.43. The lowest BCUT2D eigenvalue weighted by Crippen LogP contribution is -2.46. The molecule has 2 aliphatic heterocycles. The van der Waals surface area contributed by atoms with E-state index >= 15 is 0 Å². The maximum atomic E-state index is 12.8. The highest BCUT2D eigenvalue weighted by Crippen LogP contribution is 2.27. The van der Waals surface area contributed by atoms with Gasteiger partial charge in [-0.2, -0.15) is 0 Å². The summed E-state index contributed by atoms with van der Waals surface area (Å²) in [7, 11) is 3.91. The second-order valence-electron chi connectivity index (χ2n) is 6.62. The summed E-state index contributed by atoms with van der Waals surface area (Å²) in [6.45, 7) is 1.91. The molecule has 2 aliphatic rings. The first kappa shape index (κ1) is 16.0. The number of carbonyl (C=O) groups is 1. The van der Waals surface area contributed by atoms with Crippen molar-refractivity contribution in [2.45, 2.75) is 25.3 Å². The number of nitrogens with zero attached hydrogens (tertiary/aromatic N) is 5. The zero-order valence-electron chi connectivity index (χ0n) is 13.8. The Morgan fingerprint density at radius 1 is 1.30 bits per heavy atom. The third-order valence-electron chi connectivity index (χ3n) is 4.78. The van der Waals surface area contributed by atoms with Crippen LogP contribution in [0.15, 0.2) is 12.4 Å². The van der Waals surface area contributed by atoms with Gasteiger partial charge in [0.25, 0.3) is 0 Å². The Labute approximate surface area is 136 Å². The minimum absolute atomic E-state index is 0.106. The van der Waals surface area contributed by atoms with Crippen LogP contribution in [0.4, 0.5) is 16.0 Å². The van der Waals surface area contributed by atoms with Gasteiger partial charge in [0.05, 0.1) is 6.67 Å². The molecule has 1 aromatic heterocycles. The predicted octanol–water partition coefficient (Wildman–Crippen LogP) is 1.33. The van der Waals surface area contributed by atoms with Crippen LogP contribution in [-0.2, 0) is 4.79 Å². The SMILES string of the molecule is CN(C)c1cc(N2CCC(N3CC(CF)CC3=O)CC2)ncn1. The molecule has 3 rings (SSSR count). The van der Waals surface area contributed by atoms with Gasteiger partial charge in [-0.25, -0.2) is 9.97 Å². The number of alkyl halides is 1. The molecule has 1 atom stereocenters. The molecule has 0 bridgehead atoms. The van der Waals surface area contributed by atoms with E-state index in [0.29, 0.717) is 13.0 Å². The summed E-state index contributed by atoms with van der Waals surface area (Å²) in [5.74, 6) is 1.82. The highest BCUT2D eigenvalue weighted by atomic mass is 19.1. The Kier molecular flexibility index (Phi) is 4.63. The zero-order chi connectivity index (χ0) is 16.4. The quantitative estimate of drug-likeness (QED) is 0.837. The highest BCUT2D eigenvalue weighted by Gasteiger charge is 2.35. The number of piperidine rings is 1. The number of likely N-dealkylation sites (tertiary alicyclic amines) is 1. The standard InChI is InChI=1S/C16H24FN5O/c1-20(2)14-8-15(19-11-18-14)21-5-3-13(4-6-21)22-10-12(9-17)7-16(22)23/h8,11-13H,3-7,9-10H2,1-2H3. The van der Waals surface area contributed by atoms with Gasteiger partial charge < -0.3 is 14.7 Å². The summed E-state index contributed by atoms with van der Waals surface area (Å²) in [4.78, 5) is 26.7. The molecule has 23 heavy (non-hydrogen) atoms. The van der Waals surface area contributed by atoms with E-state index < -0.39 is 6.67 Å². The van der Waals surface area contributed by atoms with E-state index in [9.17, 15) is 9.18 Å². The van der Waals surface area contributed by atoms with Crippen molar-refractivity contribution in [3.8, 4) is 0 Å². The largest absolute Gasteiger partial charge is 0.363 e. The third kappa shape index (κ3) is 3.38. The van der Waals surface area contributed by atoms with Crippen molar-refractivity contribution in [1.82, 2.24) is 14.9 Å². The van der Waals surface area contributed by atoms with Gasteiger partial charge in [-0.15, -0.1) is 0 Å². The fraction of sp³-hybridized carbons (Fsp3) is 0.688. The van der Waals surface area contributed by atoms with Crippen LogP contribution >= 0.6 is 0 Å². The molecule has 0 saturated carbocycles. The molecule has 7 heteroatoms. The normalized spacial score (nSPS) is 22.7. The Balaban J connectivity index is 1.60. The average molecular weight is 321 g/mol. The smallest absolute Gasteiger partial charge is 0.223 e. The minimum Gasteiger partial charge on any atom is -0.363 e. The molecule has 2 fully saturated rings. The number of amides is 1. The molecule has 2 saturated heterocycles. The fourth-order valence-electron chi connectivity index (χ4n) is 3.43. The average Bonchev–Trinajstić information content (AvgIpc) is 2.96. The Bertz CT molecular complexity index is 559. The van der Waals surface area contributed by atoms with Crippen LogP contribution in [0.2, 0.25) is 0 Å². The van der Waals surface area contributed by atoms with Crippen LogP contribution in [0.1, 0.15) is 19.3 Å². The predicted molar refractivity (Wildman–Crippen MR) is 87.4 cm³/mol. The van der Waals surface area contributed by atoms with Crippen molar-refractivity contribution in [3.05, 3.63) is 12.4 Å². The Morgan fingerprint density at radius 3 is 2.65 bits per heavy atom. The zero-order valence-corrected chi connectivity index (χ0v) is 13.8. The number of anilines is 2. The molecule has 0 aliphatic carbocycles. The monoisotopic (exact) mass is 321 g/mol. The van der Waals surface area contributed by atoms with Crippen molar-refractivity contribution in [2.75, 3.05) is 50.2 Å². The Hall–Kier alpha value is -1.92. The molecule has 3 heterocycles. The van der Waals surface area contributed by atoms with E-state index in [4.69, 9.17) is 0 Å². The maximum absolute atomic E-state index is 12.8. The summed E-state index contributed by atoms with van der Waals surface area (Å²) in [5.41, 5.74) is 0. The van der Waals surface area contributed by atoms with E-state index in [1.54, 1.807) is 6.33 Å². The first-order valence-electron chi connectivity index (χ1n) is 8.18. The number of carbonyl (C=O) groups excluding carboxylic acids is 1. The molecule has 1 unspecified atom stereocenters. The van der Waals surface area contributed by atoms with E-state index in [0.717, 1.165) is 37.6 Å². The number of halogens is 1. The first-order valence-corrected chi connectivity index (χ1v) is 8.18. The molecular weight excluding hydrogens is 297 g/mol. The van der Waals surface area contributed by atoms with Crippen LogP contribution in [0, 0.1) is 5.92 Å². The number of hydrogen-bond acceptors (Lipinski definition) is 5. The summed E-state index contributed by atoms with van der Waals surface area (Å²) in [6, 6.07) is 2.23. The first-order chi connectivity index (χ1) is 11.1. The molecule has 1 aromatic rings. The molecule has 6 nitrogen and oxygen atoms in total. The number of hydrogen-bond donors (Lipinski definition) is 0. The molecule has 0 spiro atoms. The lowest BCUT2D eigenvalue weighted by atomic mass is 10.0. The van der Waals surface area contributed by atoms with Gasteiger partial charge in [0.15, 0.2) is 0 Å². The van der Waals surface area contributed by atoms with Crippen molar-refractivity contribution in [2.24, 2.45) is 5.92 Å². The van der Waals surface area contributed by atoms with Gasteiger partial charge in [0.1, 0.15) is 18.0 Å². The van der Waals surface area contributed by atoms with Crippen LogP contribution in [0.25, 0.3) is 0 Å². The second-order valence-corrected chi connectivity index (χ2v) is 6.62. The molecular formula is C16H24FN5O. The van der Waals surface area contributed by atoms with Crippen molar-refractivity contribution >= 4 is 17.5 Å². The third-order valence-corrected chi connectivity index (χ3v) is 4.78. The topological polar surface area (TPSA) is 52.6 Å². The van der Waals surface area contributed by atoms with E-state index in [1.165, 1.54) is 0 Å².